The molecule has 0 saturated heterocycles. The Morgan fingerprint density at radius 2 is 1.58 bits per heavy atom. The summed E-state index contributed by atoms with van der Waals surface area (Å²) in [7, 11) is -3.55. The molecule has 0 heterocycles. The molecule has 3 aromatic carbocycles. The maximum absolute atomic E-state index is 14.0. The number of amides is 2. The number of sulfonamides is 1. The van der Waals surface area contributed by atoms with Crippen LogP contribution in [0.3, 0.4) is 0 Å². The van der Waals surface area contributed by atoms with Gasteiger partial charge in [0.05, 0.1) is 11.9 Å². The highest BCUT2D eigenvalue weighted by molar-refractivity contribution is 7.92. The fourth-order valence-electron chi connectivity index (χ4n) is 5.83. The summed E-state index contributed by atoms with van der Waals surface area (Å²) in [6.45, 7) is 4.53. The van der Waals surface area contributed by atoms with Crippen LogP contribution < -0.4 is 9.62 Å². The number of hydrogen-bond donors (Lipinski definition) is 1. The van der Waals surface area contributed by atoms with Crippen LogP contribution in [0.5, 0.6) is 0 Å². The summed E-state index contributed by atoms with van der Waals surface area (Å²) in [5.41, 5.74) is 4.72. The maximum Gasteiger partial charge on any atom is 0.243 e. The predicted molar refractivity (Wildman–Crippen MR) is 173 cm³/mol. The van der Waals surface area contributed by atoms with Crippen LogP contribution in [0.25, 0.3) is 0 Å². The van der Waals surface area contributed by atoms with Crippen LogP contribution in [-0.2, 0) is 39.0 Å². The molecule has 1 fully saturated rings. The summed E-state index contributed by atoms with van der Waals surface area (Å²) < 4.78 is 26.8. The fourth-order valence-corrected chi connectivity index (χ4v) is 6.80. The lowest BCUT2D eigenvalue weighted by Gasteiger charge is -2.33. The van der Waals surface area contributed by atoms with Gasteiger partial charge in [0.1, 0.15) is 6.04 Å². The van der Waals surface area contributed by atoms with Crippen LogP contribution in [0.15, 0.2) is 78.9 Å². The van der Waals surface area contributed by atoms with E-state index in [4.69, 9.17) is 0 Å². The van der Waals surface area contributed by atoms with Gasteiger partial charge in [-0.25, -0.2) is 8.42 Å². The number of nitrogens with one attached hydrogen (secondary N) is 1. The molecule has 1 saturated carbocycles. The van der Waals surface area contributed by atoms with Gasteiger partial charge in [-0.3, -0.25) is 13.9 Å². The van der Waals surface area contributed by atoms with E-state index in [2.05, 4.69) is 12.2 Å². The number of carbonyl (C=O) groups is 2. The maximum atomic E-state index is 14.0. The van der Waals surface area contributed by atoms with Gasteiger partial charge in [-0.15, -0.1) is 0 Å². The van der Waals surface area contributed by atoms with Crippen molar-refractivity contribution in [2.75, 3.05) is 17.1 Å². The van der Waals surface area contributed by atoms with E-state index >= 15 is 0 Å². The molecule has 1 aliphatic carbocycles. The summed E-state index contributed by atoms with van der Waals surface area (Å²) in [5, 5.41) is 3.24. The molecule has 4 rings (SSSR count). The highest BCUT2D eigenvalue weighted by Gasteiger charge is 2.32. The van der Waals surface area contributed by atoms with Crippen LogP contribution in [0.2, 0.25) is 0 Å². The molecule has 7 nitrogen and oxygen atoms in total. The first-order valence-corrected chi connectivity index (χ1v) is 17.2. The lowest BCUT2D eigenvalue weighted by molar-refractivity contribution is -0.141. The number of aryl methyl sites for hydroxylation is 2. The number of anilines is 1. The Labute approximate surface area is 257 Å². The van der Waals surface area contributed by atoms with Crippen LogP contribution >= 0.6 is 0 Å². The van der Waals surface area contributed by atoms with Crippen LogP contribution in [0.4, 0.5) is 5.69 Å². The number of carbonyl (C=O) groups excluding carboxylic acids is 2. The normalized spacial score (nSPS) is 14.3. The van der Waals surface area contributed by atoms with Crippen molar-refractivity contribution < 1.29 is 18.0 Å². The molecule has 230 valence electrons. The molecule has 0 spiro atoms. The van der Waals surface area contributed by atoms with Gasteiger partial charge in [0.15, 0.2) is 0 Å². The molecule has 0 aliphatic heterocycles. The number of benzene rings is 3. The Morgan fingerprint density at radius 1 is 0.907 bits per heavy atom. The zero-order valence-corrected chi connectivity index (χ0v) is 26.5. The Kier molecular flexibility index (Phi) is 11.4. The first-order valence-electron chi connectivity index (χ1n) is 15.4. The quantitative estimate of drug-likeness (QED) is 0.252. The summed E-state index contributed by atoms with van der Waals surface area (Å²) in [5.74, 6) is -0.302. The second-order valence-electron chi connectivity index (χ2n) is 11.7. The van der Waals surface area contributed by atoms with E-state index in [0.717, 1.165) is 54.4 Å². The third-order valence-electron chi connectivity index (χ3n) is 8.19. The lowest BCUT2D eigenvalue weighted by Crippen LogP contribution is -2.52. The number of nitrogens with zero attached hydrogens (tertiary/aromatic N) is 2. The van der Waals surface area contributed by atoms with Gasteiger partial charge in [0.25, 0.3) is 0 Å². The third kappa shape index (κ3) is 9.42. The molecule has 1 N–H and O–H groups in total. The molecular weight excluding hydrogens is 558 g/mol. The zero-order valence-electron chi connectivity index (χ0n) is 25.7. The van der Waals surface area contributed by atoms with Crippen LogP contribution in [0.1, 0.15) is 67.7 Å². The summed E-state index contributed by atoms with van der Waals surface area (Å²) in [6, 6.07) is 24.7. The Morgan fingerprint density at radius 3 is 2.21 bits per heavy atom. The number of hydrogen-bond acceptors (Lipinski definition) is 4. The topological polar surface area (TPSA) is 86.8 Å². The van der Waals surface area contributed by atoms with E-state index in [9.17, 15) is 18.0 Å². The summed E-state index contributed by atoms with van der Waals surface area (Å²) in [4.78, 5) is 29.6. The molecule has 0 radical (unpaired) electrons. The molecule has 0 aromatic heterocycles. The second kappa shape index (κ2) is 15.2. The van der Waals surface area contributed by atoms with Gasteiger partial charge < -0.3 is 10.2 Å². The number of rotatable bonds is 14. The van der Waals surface area contributed by atoms with E-state index in [1.54, 1.807) is 4.90 Å². The van der Waals surface area contributed by atoms with Crippen molar-refractivity contribution >= 4 is 27.5 Å². The molecule has 0 bridgehead atoms. The molecule has 2 amide bonds. The van der Waals surface area contributed by atoms with Crippen molar-refractivity contribution in [2.45, 2.75) is 83.8 Å². The Balaban J connectivity index is 1.57. The average molecular weight is 604 g/mol. The van der Waals surface area contributed by atoms with Gasteiger partial charge in [-0.05, 0) is 61.4 Å². The minimum Gasteiger partial charge on any atom is -0.352 e. The molecular formula is C35H45N3O4S. The monoisotopic (exact) mass is 603 g/mol. The second-order valence-corrected chi connectivity index (χ2v) is 13.6. The molecule has 1 unspecified atom stereocenters. The van der Waals surface area contributed by atoms with Crippen molar-refractivity contribution in [1.82, 2.24) is 10.2 Å². The van der Waals surface area contributed by atoms with Crippen molar-refractivity contribution in [2.24, 2.45) is 0 Å². The minimum absolute atomic E-state index is 0.118. The average Bonchev–Trinajstić information content (AvgIpc) is 3.50. The largest absolute Gasteiger partial charge is 0.352 e. The van der Waals surface area contributed by atoms with E-state index < -0.39 is 16.1 Å². The standard InChI is InChI=1S/C35H45N3O4S/c1-4-28-19-21-32(22-20-28)38(43(3,41)42)23-11-18-34(39)37(26-30-15-10-12-27(2)24-30)33(25-29-13-6-5-7-14-29)35(40)36-31-16-8-9-17-31/h5-7,10,12-15,19-22,24,31,33H,4,8-9,11,16-18,23,25-26H2,1-3H3,(H,36,40). The predicted octanol–water partition coefficient (Wildman–Crippen LogP) is 5.80. The van der Waals surface area contributed by atoms with E-state index in [1.807, 2.05) is 85.8 Å². The minimum atomic E-state index is -3.55. The summed E-state index contributed by atoms with van der Waals surface area (Å²) in [6.07, 6.45) is 7.00. The van der Waals surface area contributed by atoms with Gasteiger partial charge in [-0.1, -0.05) is 92.1 Å². The van der Waals surface area contributed by atoms with Gasteiger partial charge in [0.2, 0.25) is 21.8 Å². The highest BCUT2D eigenvalue weighted by atomic mass is 32.2. The molecule has 1 atom stereocenters. The van der Waals surface area contributed by atoms with E-state index in [0.29, 0.717) is 25.1 Å². The SMILES string of the molecule is CCc1ccc(N(CCCC(=O)N(Cc2cccc(C)c2)C(Cc2ccccc2)C(=O)NC2CCCC2)S(C)(=O)=O)cc1. The first-order chi connectivity index (χ1) is 20.6. The van der Waals surface area contributed by atoms with Gasteiger partial charge in [-0.2, -0.15) is 0 Å². The summed E-state index contributed by atoms with van der Waals surface area (Å²) >= 11 is 0. The molecule has 43 heavy (non-hydrogen) atoms. The highest BCUT2D eigenvalue weighted by Crippen LogP contribution is 2.23. The van der Waals surface area contributed by atoms with Gasteiger partial charge in [0, 0.05) is 32.0 Å². The fraction of sp³-hybridized carbons (Fsp3) is 0.429. The first kappa shape index (κ1) is 32.3. The smallest absolute Gasteiger partial charge is 0.243 e. The molecule has 3 aromatic rings. The van der Waals surface area contributed by atoms with Crippen LogP contribution in [-0.4, -0.2) is 50.0 Å². The van der Waals surface area contributed by atoms with Gasteiger partial charge >= 0.3 is 0 Å². The Bertz CT molecular complexity index is 1450. The third-order valence-corrected chi connectivity index (χ3v) is 9.39. The molecule has 8 heteroatoms. The van der Waals surface area contributed by atoms with Crippen molar-refractivity contribution in [3.8, 4) is 0 Å². The van der Waals surface area contributed by atoms with E-state index in [1.165, 1.54) is 10.6 Å². The molecule has 1 aliphatic rings. The van der Waals surface area contributed by atoms with Crippen molar-refractivity contribution in [3.63, 3.8) is 0 Å². The zero-order chi connectivity index (χ0) is 30.8. The van der Waals surface area contributed by atoms with Crippen molar-refractivity contribution in [1.29, 1.82) is 0 Å². The Hall–Kier alpha value is -3.65. The van der Waals surface area contributed by atoms with E-state index in [-0.39, 0.29) is 30.8 Å². The van der Waals surface area contributed by atoms with Crippen molar-refractivity contribution in [3.05, 3.63) is 101 Å². The lowest BCUT2D eigenvalue weighted by atomic mass is 10.0. The van der Waals surface area contributed by atoms with Crippen LogP contribution in [0, 0.1) is 6.92 Å².